The maximum Gasteiger partial charge on any atom is 0.180 e. The zero-order valence-corrected chi connectivity index (χ0v) is 22.0. The third kappa shape index (κ3) is 3.17. The van der Waals surface area contributed by atoms with Crippen molar-refractivity contribution >= 4 is 46.8 Å². The maximum atomic E-state index is 14.6. The Morgan fingerprint density at radius 3 is 2.14 bits per heavy atom. The molecule has 3 aromatic rings. The lowest BCUT2D eigenvalue weighted by Gasteiger charge is -2.36. The molecular weight excluding hydrogens is 507 g/mol. The SMILES string of the molecule is CC(C)(C)C(=O)[C@H]1[C@H](c2ccc(Cl)cc2Cl)C2(C(=O)c3ccccc3C2=O)C2c3ccccc3C=NN21. The zero-order chi connectivity index (χ0) is 26.3. The van der Waals surface area contributed by atoms with Crippen molar-refractivity contribution in [3.05, 3.63) is 105 Å². The molecule has 37 heavy (non-hydrogen) atoms. The van der Waals surface area contributed by atoms with Gasteiger partial charge < -0.3 is 0 Å². The molecule has 5 nitrogen and oxygen atoms in total. The first-order valence-electron chi connectivity index (χ1n) is 12.2. The Balaban J connectivity index is 1.73. The topological polar surface area (TPSA) is 66.8 Å². The molecule has 1 spiro atoms. The van der Waals surface area contributed by atoms with Gasteiger partial charge in [0.2, 0.25) is 0 Å². The average Bonchev–Trinajstić information content (AvgIpc) is 3.29. The smallest absolute Gasteiger partial charge is 0.180 e. The summed E-state index contributed by atoms with van der Waals surface area (Å²) >= 11 is 13.0. The first-order valence-corrected chi connectivity index (χ1v) is 12.9. The fourth-order valence-electron chi connectivity index (χ4n) is 6.32. The highest BCUT2D eigenvalue weighted by atomic mass is 35.5. The number of Topliss-reactive ketones (excluding diaryl/α,β-unsaturated/α-hetero) is 3. The van der Waals surface area contributed by atoms with Gasteiger partial charge in [-0.1, -0.05) is 98.6 Å². The molecule has 0 saturated carbocycles. The van der Waals surface area contributed by atoms with Gasteiger partial charge in [0.1, 0.15) is 11.5 Å². The Morgan fingerprint density at radius 1 is 0.892 bits per heavy atom. The molecule has 0 amide bonds. The van der Waals surface area contributed by atoms with E-state index in [4.69, 9.17) is 28.3 Å². The van der Waals surface area contributed by atoms with Crippen molar-refractivity contribution in [2.75, 3.05) is 0 Å². The number of ketones is 3. The van der Waals surface area contributed by atoms with Gasteiger partial charge in [-0.2, -0.15) is 5.10 Å². The van der Waals surface area contributed by atoms with Crippen molar-refractivity contribution in [1.82, 2.24) is 5.01 Å². The molecule has 3 atom stereocenters. The van der Waals surface area contributed by atoms with Gasteiger partial charge in [-0.25, -0.2) is 0 Å². The van der Waals surface area contributed by atoms with Crippen molar-refractivity contribution < 1.29 is 14.4 Å². The van der Waals surface area contributed by atoms with Crippen LogP contribution in [0, 0.1) is 10.8 Å². The van der Waals surface area contributed by atoms with Crippen LogP contribution >= 0.6 is 23.2 Å². The molecule has 1 saturated heterocycles. The van der Waals surface area contributed by atoms with Crippen LogP contribution in [0.5, 0.6) is 0 Å². The lowest BCUT2D eigenvalue weighted by atomic mass is 9.62. The Kier molecular flexibility index (Phi) is 5.28. The predicted octanol–water partition coefficient (Wildman–Crippen LogP) is 6.53. The van der Waals surface area contributed by atoms with Gasteiger partial charge in [-0.15, -0.1) is 0 Å². The third-order valence-electron chi connectivity index (χ3n) is 7.88. The van der Waals surface area contributed by atoms with Gasteiger partial charge in [0.25, 0.3) is 0 Å². The molecule has 6 rings (SSSR count). The number of carbonyl (C=O) groups excluding carboxylic acids is 3. The van der Waals surface area contributed by atoms with E-state index >= 15 is 0 Å². The van der Waals surface area contributed by atoms with Crippen LogP contribution in [0.1, 0.15) is 70.1 Å². The fourth-order valence-corrected chi connectivity index (χ4v) is 6.84. The van der Waals surface area contributed by atoms with Crippen LogP contribution < -0.4 is 0 Å². The summed E-state index contributed by atoms with van der Waals surface area (Å²) in [5.74, 6) is -1.63. The number of benzene rings is 3. The van der Waals surface area contributed by atoms with Crippen molar-refractivity contribution in [2.24, 2.45) is 15.9 Å². The van der Waals surface area contributed by atoms with E-state index in [2.05, 4.69) is 0 Å². The first kappa shape index (κ1) is 24.1. The molecule has 0 bridgehead atoms. The van der Waals surface area contributed by atoms with Crippen LogP contribution in [0.3, 0.4) is 0 Å². The molecule has 1 aliphatic carbocycles. The van der Waals surface area contributed by atoms with Gasteiger partial charge in [-0.3, -0.25) is 19.4 Å². The van der Waals surface area contributed by atoms with E-state index < -0.39 is 28.8 Å². The van der Waals surface area contributed by atoms with Crippen LogP contribution in [-0.4, -0.2) is 34.6 Å². The van der Waals surface area contributed by atoms with Crippen LogP contribution in [0.4, 0.5) is 0 Å². The summed E-state index contributed by atoms with van der Waals surface area (Å²) in [5, 5.41) is 7.15. The van der Waals surface area contributed by atoms with Gasteiger partial charge in [-0.05, 0) is 28.8 Å². The lowest BCUT2D eigenvalue weighted by molar-refractivity contribution is -0.131. The minimum atomic E-state index is -1.64. The number of fused-ring (bicyclic) bond motifs is 5. The van der Waals surface area contributed by atoms with Crippen LogP contribution in [-0.2, 0) is 4.79 Å². The predicted molar refractivity (Wildman–Crippen MR) is 144 cm³/mol. The highest BCUT2D eigenvalue weighted by Crippen LogP contribution is 2.65. The van der Waals surface area contributed by atoms with E-state index in [-0.39, 0.29) is 17.3 Å². The van der Waals surface area contributed by atoms with E-state index in [9.17, 15) is 14.4 Å². The average molecular weight is 531 g/mol. The standard InChI is InChI=1S/C30H24Cl2N2O3/c1-29(2,3)28(37)24-23(21-13-12-17(31)14-22(21)32)30(26(35)19-10-6-7-11-20(19)27(30)36)25-18-9-5-4-8-16(18)15-33-34(24)25/h4-15,23-25H,1-3H3/t23-,24+,25?/m0/s1. The Morgan fingerprint density at radius 2 is 1.51 bits per heavy atom. The number of hydrogen-bond acceptors (Lipinski definition) is 5. The molecule has 0 N–H and O–H groups in total. The molecule has 0 radical (unpaired) electrons. The second-order valence-corrected chi connectivity index (χ2v) is 11.8. The summed E-state index contributed by atoms with van der Waals surface area (Å²) in [6.07, 6.45) is 1.70. The monoisotopic (exact) mass is 530 g/mol. The summed E-state index contributed by atoms with van der Waals surface area (Å²) in [6.45, 7) is 5.51. The second-order valence-electron chi connectivity index (χ2n) is 10.9. The van der Waals surface area contributed by atoms with Crippen molar-refractivity contribution in [3.63, 3.8) is 0 Å². The van der Waals surface area contributed by atoms with Gasteiger partial charge in [0.05, 0.1) is 12.3 Å². The molecule has 186 valence electrons. The summed E-state index contributed by atoms with van der Waals surface area (Å²) in [4.78, 5) is 43.4. The summed E-state index contributed by atoms with van der Waals surface area (Å²) in [5.41, 5.74) is 0.431. The second kappa shape index (κ2) is 8.11. The lowest BCUT2D eigenvalue weighted by Crippen LogP contribution is -2.45. The Bertz CT molecular complexity index is 1500. The molecule has 3 aliphatic rings. The minimum absolute atomic E-state index is 0.126. The van der Waals surface area contributed by atoms with Crippen molar-refractivity contribution in [1.29, 1.82) is 0 Å². The summed E-state index contributed by atoms with van der Waals surface area (Å²) < 4.78 is 0. The molecule has 2 heterocycles. The van der Waals surface area contributed by atoms with E-state index in [0.29, 0.717) is 26.7 Å². The number of halogens is 2. The minimum Gasteiger partial charge on any atom is -0.297 e. The van der Waals surface area contributed by atoms with E-state index in [1.807, 2.05) is 45.0 Å². The maximum absolute atomic E-state index is 14.6. The molecule has 0 aromatic heterocycles. The summed E-state index contributed by atoms with van der Waals surface area (Å²) in [7, 11) is 0. The third-order valence-corrected chi connectivity index (χ3v) is 8.44. The van der Waals surface area contributed by atoms with Gasteiger partial charge in [0, 0.05) is 32.5 Å². The number of hydrazone groups is 1. The van der Waals surface area contributed by atoms with Crippen LogP contribution in [0.25, 0.3) is 0 Å². The molecule has 2 aliphatic heterocycles. The molecule has 1 unspecified atom stereocenters. The Labute approximate surface area is 225 Å². The normalized spacial score (nSPS) is 23.3. The van der Waals surface area contributed by atoms with E-state index in [1.54, 1.807) is 53.7 Å². The molecule has 7 heteroatoms. The van der Waals surface area contributed by atoms with Crippen LogP contribution in [0.2, 0.25) is 10.0 Å². The zero-order valence-electron chi connectivity index (χ0n) is 20.5. The fraction of sp³-hybridized carbons (Fsp3) is 0.267. The number of rotatable bonds is 2. The molecular formula is C30H24Cl2N2O3. The van der Waals surface area contributed by atoms with Crippen molar-refractivity contribution in [2.45, 2.75) is 38.8 Å². The number of hydrogen-bond donors (Lipinski definition) is 0. The molecule has 1 fully saturated rings. The Hall–Kier alpha value is -3.28. The van der Waals surface area contributed by atoms with Gasteiger partial charge >= 0.3 is 0 Å². The highest BCUT2D eigenvalue weighted by Gasteiger charge is 2.73. The van der Waals surface area contributed by atoms with Gasteiger partial charge in [0.15, 0.2) is 17.3 Å². The van der Waals surface area contributed by atoms with E-state index in [1.165, 1.54) is 0 Å². The largest absolute Gasteiger partial charge is 0.297 e. The van der Waals surface area contributed by atoms with E-state index in [0.717, 1.165) is 11.1 Å². The van der Waals surface area contributed by atoms with Crippen LogP contribution in [0.15, 0.2) is 71.8 Å². The van der Waals surface area contributed by atoms with Crippen molar-refractivity contribution in [3.8, 4) is 0 Å². The number of carbonyl (C=O) groups is 3. The quantitative estimate of drug-likeness (QED) is 0.353. The highest BCUT2D eigenvalue weighted by molar-refractivity contribution is 6.36. The summed E-state index contributed by atoms with van der Waals surface area (Å²) in [6, 6.07) is 17.8. The number of nitrogens with zero attached hydrogens (tertiary/aromatic N) is 2. The first-order chi connectivity index (χ1) is 17.6. The molecule has 3 aromatic carbocycles.